The third-order valence-corrected chi connectivity index (χ3v) is 3.09. The van der Waals surface area contributed by atoms with E-state index in [2.05, 4.69) is 19.2 Å². The van der Waals surface area contributed by atoms with E-state index in [0.29, 0.717) is 45.2 Å². The van der Waals surface area contributed by atoms with E-state index in [1.54, 1.807) is 16.7 Å². The van der Waals surface area contributed by atoms with Gasteiger partial charge in [0.2, 0.25) is 0 Å². The van der Waals surface area contributed by atoms with E-state index in [-0.39, 0.29) is 12.1 Å². The average molecular weight is 271 g/mol. The molecule has 1 saturated heterocycles. The van der Waals surface area contributed by atoms with E-state index >= 15 is 0 Å². The van der Waals surface area contributed by atoms with E-state index in [1.165, 1.54) is 0 Å². The first kappa shape index (κ1) is 15.6. The number of hydrogen-bond donors (Lipinski definition) is 1. The van der Waals surface area contributed by atoms with E-state index in [0.717, 1.165) is 6.42 Å². The van der Waals surface area contributed by atoms with Crippen molar-refractivity contribution >= 4 is 12.1 Å². The van der Waals surface area contributed by atoms with Crippen LogP contribution in [0.25, 0.3) is 0 Å². The highest BCUT2D eigenvalue weighted by Crippen LogP contribution is 2.04. The summed E-state index contributed by atoms with van der Waals surface area (Å²) in [5, 5.41) is 2.91. The number of piperazine rings is 1. The Morgan fingerprint density at radius 2 is 1.74 bits per heavy atom. The average Bonchev–Trinajstić information content (AvgIpc) is 2.38. The SMILES string of the molecule is CCOC(=O)N1CCN(C(=O)NCCC(C)C)CC1. The Labute approximate surface area is 115 Å². The minimum atomic E-state index is -0.289. The van der Waals surface area contributed by atoms with Crippen LogP contribution in [0.5, 0.6) is 0 Å². The van der Waals surface area contributed by atoms with Crippen LogP contribution in [0, 0.1) is 5.92 Å². The van der Waals surface area contributed by atoms with Crippen LogP contribution in [0.3, 0.4) is 0 Å². The molecule has 110 valence electrons. The Kier molecular flexibility index (Phi) is 6.45. The van der Waals surface area contributed by atoms with Gasteiger partial charge in [-0.2, -0.15) is 0 Å². The molecule has 1 aliphatic heterocycles. The van der Waals surface area contributed by atoms with Crippen LogP contribution in [0.4, 0.5) is 9.59 Å². The number of amides is 3. The van der Waals surface area contributed by atoms with Gasteiger partial charge in [0.15, 0.2) is 0 Å². The molecular formula is C13H25N3O3. The number of carbonyl (C=O) groups excluding carboxylic acids is 2. The number of ether oxygens (including phenoxy) is 1. The number of rotatable bonds is 4. The van der Waals surface area contributed by atoms with Crippen LogP contribution in [0.15, 0.2) is 0 Å². The summed E-state index contributed by atoms with van der Waals surface area (Å²) in [6.07, 6.45) is 0.691. The highest BCUT2D eigenvalue weighted by Gasteiger charge is 2.24. The Balaban J connectivity index is 2.25. The molecule has 19 heavy (non-hydrogen) atoms. The molecule has 1 aliphatic rings. The number of urea groups is 1. The predicted octanol–water partition coefficient (Wildman–Crippen LogP) is 1.52. The molecule has 1 heterocycles. The van der Waals surface area contributed by atoms with Gasteiger partial charge in [0.25, 0.3) is 0 Å². The lowest BCUT2D eigenvalue weighted by atomic mass is 10.1. The standard InChI is InChI=1S/C13H25N3O3/c1-4-19-13(18)16-9-7-15(8-10-16)12(17)14-6-5-11(2)3/h11H,4-10H2,1-3H3,(H,14,17). The molecule has 0 bridgehead atoms. The van der Waals surface area contributed by atoms with Crippen molar-refractivity contribution in [2.24, 2.45) is 5.92 Å². The van der Waals surface area contributed by atoms with Crippen molar-refractivity contribution < 1.29 is 14.3 Å². The van der Waals surface area contributed by atoms with Crippen LogP contribution >= 0.6 is 0 Å². The van der Waals surface area contributed by atoms with E-state index in [9.17, 15) is 9.59 Å². The minimum absolute atomic E-state index is 0.0378. The molecule has 0 atom stereocenters. The maximum absolute atomic E-state index is 11.9. The molecule has 0 saturated carbocycles. The summed E-state index contributed by atoms with van der Waals surface area (Å²) < 4.78 is 4.94. The van der Waals surface area contributed by atoms with Crippen molar-refractivity contribution in [2.75, 3.05) is 39.3 Å². The fraction of sp³-hybridized carbons (Fsp3) is 0.846. The van der Waals surface area contributed by atoms with Gasteiger partial charge < -0.3 is 19.9 Å². The van der Waals surface area contributed by atoms with Gasteiger partial charge in [-0.3, -0.25) is 0 Å². The topological polar surface area (TPSA) is 61.9 Å². The van der Waals surface area contributed by atoms with Crippen molar-refractivity contribution in [3.05, 3.63) is 0 Å². The molecule has 3 amide bonds. The molecule has 0 aromatic carbocycles. The van der Waals surface area contributed by atoms with Gasteiger partial charge in [-0.1, -0.05) is 13.8 Å². The lowest BCUT2D eigenvalue weighted by molar-refractivity contribution is 0.0852. The zero-order chi connectivity index (χ0) is 14.3. The summed E-state index contributed by atoms with van der Waals surface area (Å²) >= 11 is 0. The molecule has 0 radical (unpaired) electrons. The molecule has 0 unspecified atom stereocenters. The third-order valence-electron chi connectivity index (χ3n) is 3.09. The molecular weight excluding hydrogens is 246 g/mol. The maximum atomic E-state index is 11.9. The van der Waals surface area contributed by atoms with Gasteiger partial charge in [0.05, 0.1) is 6.61 Å². The van der Waals surface area contributed by atoms with Crippen molar-refractivity contribution in [1.29, 1.82) is 0 Å². The zero-order valence-electron chi connectivity index (χ0n) is 12.1. The summed E-state index contributed by atoms with van der Waals surface area (Å²) in [5.41, 5.74) is 0. The summed E-state index contributed by atoms with van der Waals surface area (Å²) in [6.45, 7) is 9.33. The Morgan fingerprint density at radius 3 is 2.26 bits per heavy atom. The van der Waals surface area contributed by atoms with E-state index in [1.807, 2.05) is 0 Å². The quantitative estimate of drug-likeness (QED) is 0.843. The van der Waals surface area contributed by atoms with E-state index in [4.69, 9.17) is 4.74 Å². The first-order valence-electron chi connectivity index (χ1n) is 6.99. The van der Waals surface area contributed by atoms with Crippen molar-refractivity contribution in [2.45, 2.75) is 27.2 Å². The molecule has 0 aromatic heterocycles. The van der Waals surface area contributed by atoms with Gasteiger partial charge in [0, 0.05) is 32.7 Å². The third kappa shape index (κ3) is 5.36. The molecule has 1 fully saturated rings. The summed E-state index contributed by atoms with van der Waals surface area (Å²) in [7, 11) is 0. The lowest BCUT2D eigenvalue weighted by Gasteiger charge is -2.34. The summed E-state index contributed by atoms with van der Waals surface area (Å²) in [4.78, 5) is 26.8. The summed E-state index contributed by atoms with van der Waals surface area (Å²) in [5.74, 6) is 0.584. The highest BCUT2D eigenvalue weighted by molar-refractivity contribution is 5.75. The number of hydrogen-bond acceptors (Lipinski definition) is 3. The highest BCUT2D eigenvalue weighted by atomic mass is 16.6. The molecule has 6 heteroatoms. The summed E-state index contributed by atoms with van der Waals surface area (Å²) in [6, 6.07) is -0.0378. The number of nitrogens with one attached hydrogen (secondary N) is 1. The van der Waals surface area contributed by atoms with Crippen molar-refractivity contribution in [1.82, 2.24) is 15.1 Å². The van der Waals surface area contributed by atoms with Crippen LogP contribution in [-0.4, -0.2) is 61.3 Å². The smallest absolute Gasteiger partial charge is 0.409 e. The molecule has 1 N–H and O–H groups in total. The molecule has 1 rings (SSSR count). The van der Waals surface area contributed by atoms with Crippen molar-refractivity contribution in [3.63, 3.8) is 0 Å². The van der Waals surface area contributed by atoms with Crippen LogP contribution < -0.4 is 5.32 Å². The van der Waals surface area contributed by atoms with Crippen LogP contribution in [-0.2, 0) is 4.74 Å². The van der Waals surface area contributed by atoms with Crippen LogP contribution in [0.2, 0.25) is 0 Å². The maximum Gasteiger partial charge on any atom is 0.409 e. The van der Waals surface area contributed by atoms with Gasteiger partial charge in [-0.05, 0) is 19.3 Å². The molecule has 0 spiro atoms. The molecule has 0 aromatic rings. The monoisotopic (exact) mass is 271 g/mol. The van der Waals surface area contributed by atoms with E-state index < -0.39 is 0 Å². The fourth-order valence-corrected chi connectivity index (χ4v) is 1.89. The minimum Gasteiger partial charge on any atom is -0.450 e. The predicted molar refractivity (Wildman–Crippen MR) is 73.0 cm³/mol. The lowest BCUT2D eigenvalue weighted by Crippen LogP contribution is -2.53. The second-order valence-corrected chi connectivity index (χ2v) is 5.09. The second-order valence-electron chi connectivity index (χ2n) is 5.09. The van der Waals surface area contributed by atoms with Crippen molar-refractivity contribution in [3.8, 4) is 0 Å². The normalized spacial score (nSPS) is 15.6. The first-order chi connectivity index (χ1) is 9.04. The largest absolute Gasteiger partial charge is 0.450 e. The number of carbonyl (C=O) groups is 2. The number of nitrogens with zero attached hydrogens (tertiary/aromatic N) is 2. The first-order valence-corrected chi connectivity index (χ1v) is 6.99. The Morgan fingerprint density at radius 1 is 1.16 bits per heavy atom. The van der Waals surface area contributed by atoms with Crippen LogP contribution in [0.1, 0.15) is 27.2 Å². The molecule has 6 nitrogen and oxygen atoms in total. The second kappa shape index (κ2) is 7.86. The Hall–Kier alpha value is -1.46. The van der Waals surface area contributed by atoms with Gasteiger partial charge >= 0.3 is 12.1 Å². The van der Waals surface area contributed by atoms with Gasteiger partial charge in [0.1, 0.15) is 0 Å². The van der Waals surface area contributed by atoms with Gasteiger partial charge in [-0.15, -0.1) is 0 Å². The molecule has 0 aliphatic carbocycles. The zero-order valence-corrected chi connectivity index (χ0v) is 12.1. The van der Waals surface area contributed by atoms with Gasteiger partial charge in [-0.25, -0.2) is 9.59 Å². The Bertz CT molecular complexity index is 300. The fourth-order valence-electron chi connectivity index (χ4n) is 1.89.